The fourth-order valence-corrected chi connectivity index (χ4v) is 2.16. The molecule has 3 heteroatoms. The van der Waals surface area contributed by atoms with Crippen molar-refractivity contribution in [3.63, 3.8) is 0 Å². The van der Waals surface area contributed by atoms with Crippen LogP contribution >= 0.6 is 0 Å². The Kier molecular flexibility index (Phi) is 4.05. The number of nitrogens with zero attached hydrogens (tertiary/aromatic N) is 1. The predicted octanol–water partition coefficient (Wildman–Crippen LogP) is 3.19. The second-order valence-electron chi connectivity index (χ2n) is 5.04. The number of carboxylic acids is 1. The van der Waals surface area contributed by atoms with E-state index in [4.69, 9.17) is 5.11 Å². The summed E-state index contributed by atoms with van der Waals surface area (Å²) in [5.41, 5.74) is 2.30. The van der Waals surface area contributed by atoms with Gasteiger partial charge in [0.05, 0.1) is 0 Å². The normalized spacial score (nSPS) is 22.0. The fourth-order valence-electron chi connectivity index (χ4n) is 2.16. The molecule has 1 N–H and O–H groups in total. The van der Waals surface area contributed by atoms with Gasteiger partial charge in [0.1, 0.15) is 0 Å². The van der Waals surface area contributed by atoms with Crippen molar-refractivity contribution in [3.05, 3.63) is 48.1 Å². The molecule has 0 bridgehead atoms. The lowest BCUT2D eigenvalue weighted by Crippen LogP contribution is -2.20. The van der Waals surface area contributed by atoms with Crippen LogP contribution in [0, 0.1) is 5.92 Å². The predicted molar refractivity (Wildman–Crippen MR) is 78.2 cm³/mol. The van der Waals surface area contributed by atoms with Crippen molar-refractivity contribution in [3.8, 4) is 0 Å². The van der Waals surface area contributed by atoms with E-state index in [0.717, 1.165) is 17.6 Å². The minimum atomic E-state index is -0.930. The molecule has 0 radical (unpaired) electrons. The van der Waals surface area contributed by atoms with Crippen molar-refractivity contribution >= 4 is 17.7 Å². The number of carboxylic acid groups (broad SMARTS) is 1. The molecule has 0 saturated heterocycles. The van der Waals surface area contributed by atoms with Gasteiger partial charge in [-0.25, -0.2) is 4.79 Å². The van der Waals surface area contributed by atoms with E-state index in [-0.39, 0.29) is 0 Å². The molecule has 0 aromatic heterocycles. The average Bonchev–Trinajstić information content (AvgIpc) is 3.11. The van der Waals surface area contributed by atoms with Gasteiger partial charge in [-0.2, -0.15) is 0 Å². The summed E-state index contributed by atoms with van der Waals surface area (Å²) in [6, 6.07) is 8.98. The van der Waals surface area contributed by atoms with Gasteiger partial charge in [0.2, 0.25) is 0 Å². The van der Waals surface area contributed by atoms with Crippen molar-refractivity contribution in [1.29, 1.82) is 0 Å². The summed E-state index contributed by atoms with van der Waals surface area (Å²) in [6.45, 7) is 2.27. The molecule has 0 spiro atoms. The van der Waals surface area contributed by atoms with E-state index in [2.05, 4.69) is 31.0 Å². The summed E-state index contributed by atoms with van der Waals surface area (Å²) in [5, 5.41) is 8.46. The van der Waals surface area contributed by atoms with Crippen LogP contribution in [0.2, 0.25) is 0 Å². The first kappa shape index (κ1) is 13.4. The van der Waals surface area contributed by atoms with Crippen LogP contribution in [0.5, 0.6) is 0 Å². The molecule has 0 amide bonds. The van der Waals surface area contributed by atoms with Crippen molar-refractivity contribution < 1.29 is 9.90 Å². The Bertz CT molecular complexity index is 502. The number of anilines is 1. The molecule has 1 unspecified atom stereocenters. The van der Waals surface area contributed by atoms with E-state index in [1.807, 2.05) is 18.2 Å². The average molecular weight is 257 g/mol. The highest BCUT2D eigenvalue weighted by atomic mass is 16.4. The van der Waals surface area contributed by atoms with Gasteiger partial charge in [0.15, 0.2) is 0 Å². The molecular weight excluding hydrogens is 238 g/mol. The van der Waals surface area contributed by atoms with Gasteiger partial charge in [0, 0.05) is 24.9 Å². The van der Waals surface area contributed by atoms with Crippen LogP contribution in [0.3, 0.4) is 0 Å². The van der Waals surface area contributed by atoms with E-state index in [0.29, 0.717) is 6.04 Å². The van der Waals surface area contributed by atoms with E-state index in [1.165, 1.54) is 18.2 Å². The SMILES string of the molecule is CC1C[C@@H]1N(C)c1ccc(/C=C/C=C/C(=O)O)cc1. The molecule has 0 aliphatic heterocycles. The molecule has 100 valence electrons. The summed E-state index contributed by atoms with van der Waals surface area (Å²) in [6.07, 6.45) is 7.54. The number of carbonyl (C=O) groups is 1. The number of rotatable bonds is 5. The molecule has 1 aromatic rings. The van der Waals surface area contributed by atoms with Crippen LogP contribution in [0.25, 0.3) is 6.08 Å². The van der Waals surface area contributed by atoms with Gasteiger partial charge >= 0.3 is 5.97 Å². The molecule has 1 saturated carbocycles. The highest BCUT2D eigenvalue weighted by Crippen LogP contribution is 2.36. The van der Waals surface area contributed by atoms with E-state index in [1.54, 1.807) is 6.08 Å². The molecule has 1 fully saturated rings. The maximum absolute atomic E-state index is 10.3. The van der Waals surface area contributed by atoms with Crippen LogP contribution in [0.1, 0.15) is 18.9 Å². The molecule has 3 nitrogen and oxygen atoms in total. The number of allylic oxidation sites excluding steroid dienone is 2. The highest BCUT2D eigenvalue weighted by Gasteiger charge is 2.36. The summed E-state index contributed by atoms with van der Waals surface area (Å²) in [7, 11) is 2.13. The molecule has 1 aromatic carbocycles. The van der Waals surface area contributed by atoms with Crippen LogP contribution in [-0.2, 0) is 4.79 Å². The zero-order chi connectivity index (χ0) is 13.8. The van der Waals surface area contributed by atoms with Crippen LogP contribution < -0.4 is 4.90 Å². The summed E-state index contributed by atoms with van der Waals surface area (Å²) >= 11 is 0. The molecule has 1 aliphatic rings. The van der Waals surface area contributed by atoms with Crippen LogP contribution in [-0.4, -0.2) is 24.2 Å². The largest absolute Gasteiger partial charge is 0.478 e. The van der Waals surface area contributed by atoms with Gasteiger partial charge in [0.25, 0.3) is 0 Å². The minimum absolute atomic E-state index is 0.680. The lowest BCUT2D eigenvalue weighted by Gasteiger charge is -2.19. The Morgan fingerprint density at radius 3 is 2.47 bits per heavy atom. The standard InChI is InChI=1S/C16H19NO2/c1-12-11-15(12)17(2)14-9-7-13(8-10-14)5-3-4-6-16(18)19/h3-10,12,15H,11H2,1-2H3,(H,18,19)/b5-3+,6-4+/t12?,15-/m0/s1. The van der Waals surface area contributed by atoms with Crippen LogP contribution in [0.4, 0.5) is 5.69 Å². The first-order valence-corrected chi connectivity index (χ1v) is 6.48. The smallest absolute Gasteiger partial charge is 0.328 e. The third-order valence-electron chi connectivity index (χ3n) is 3.50. The van der Waals surface area contributed by atoms with Crippen molar-refractivity contribution in [1.82, 2.24) is 0 Å². The Balaban J connectivity index is 1.96. The zero-order valence-corrected chi connectivity index (χ0v) is 11.3. The number of aliphatic carboxylic acids is 1. The van der Waals surface area contributed by atoms with Crippen molar-refractivity contribution in [2.24, 2.45) is 5.92 Å². The number of hydrogen-bond donors (Lipinski definition) is 1. The first-order chi connectivity index (χ1) is 9.08. The second kappa shape index (κ2) is 5.74. The monoisotopic (exact) mass is 257 g/mol. The maximum atomic E-state index is 10.3. The lowest BCUT2D eigenvalue weighted by atomic mass is 10.2. The van der Waals surface area contributed by atoms with Crippen molar-refractivity contribution in [2.45, 2.75) is 19.4 Å². The van der Waals surface area contributed by atoms with Crippen molar-refractivity contribution in [2.75, 3.05) is 11.9 Å². The second-order valence-corrected chi connectivity index (χ2v) is 5.04. The van der Waals surface area contributed by atoms with E-state index < -0.39 is 5.97 Å². The Morgan fingerprint density at radius 1 is 1.32 bits per heavy atom. The highest BCUT2D eigenvalue weighted by molar-refractivity contribution is 5.80. The summed E-state index contributed by atoms with van der Waals surface area (Å²) in [5.74, 6) is -0.133. The first-order valence-electron chi connectivity index (χ1n) is 6.48. The zero-order valence-electron chi connectivity index (χ0n) is 11.3. The Morgan fingerprint density at radius 2 is 1.95 bits per heavy atom. The van der Waals surface area contributed by atoms with Gasteiger partial charge in [-0.3, -0.25) is 0 Å². The molecule has 19 heavy (non-hydrogen) atoms. The molecule has 2 rings (SSSR count). The van der Waals surface area contributed by atoms with Crippen LogP contribution in [0.15, 0.2) is 42.5 Å². The third kappa shape index (κ3) is 3.71. The Labute approximate surface area is 113 Å². The lowest BCUT2D eigenvalue weighted by molar-refractivity contribution is -0.131. The van der Waals surface area contributed by atoms with Gasteiger partial charge < -0.3 is 10.0 Å². The van der Waals surface area contributed by atoms with Gasteiger partial charge in [-0.1, -0.05) is 37.3 Å². The summed E-state index contributed by atoms with van der Waals surface area (Å²) < 4.78 is 0. The molecule has 0 heterocycles. The number of benzene rings is 1. The number of hydrogen-bond acceptors (Lipinski definition) is 2. The van der Waals surface area contributed by atoms with E-state index in [9.17, 15) is 4.79 Å². The fraction of sp³-hybridized carbons (Fsp3) is 0.312. The maximum Gasteiger partial charge on any atom is 0.328 e. The Hall–Kier alpha value is -2.03. The quantitative estimate of drug-likeness (QED) is 0.650. The topological polar surface area (TPSA) is 40.5 Å². The molecule has 2 atom stereocenters. The van der Waals surface area contributed by atoms with E-state index >= 15 is 0 Å². The summed E-state index contributed by atoms with van der Waals surface area (Å²) in [4.78, 5) is 12.6. The molecular formula is C16H19NO2. The third-order valence-corrected chi connectivity index (χ3v) is 3.50. The molecule has 1 aliphatic carbocycles. The minimum Gasteiger partial charge on any atom is -0.478 e. The van der Waals surface area contributed by atoms with Gasteiger partial charge in [-0.05, 0) is 30.0 Å². The van der Waals surface area contributed by atoms with Gasteiger partial charge in [-0.15, -0.1) is 0 Å².